The standard InChI is InChI=1S/C22H26N6O7/c1-22(2)12-26(20(30)31)11-15-17(22)24-27(21(32)33)18(15)23-19(29)14-6-5-13(9-16(14)28(34)35)10-25-7-3-4-8-25/h5-6,9H,3-4,7-8,10-12H2,1-2H3,(H,23,29)(H,30,31)(H,32,33). The minimum atomic E-state index is -1.48. The number of benzene rings is 1. The van der Waals surface area contributed by atoms with Gasteiger partial charge in [0.05, 0.1) is 17.2 Å². The lowest BCUT2D eigenvalue weighted by Gasteiger charge is -2.35. The van der Waals surface area contributed by atoms with Gasteiger partial charge in [-0.25, -0.2) is 9.59 Å². The number of rotatable bonds is 5. The van der Waals surface area contributed by atoms with Gasteiger partial charge in [0, 0.05) is 30.1 Å². The molecule has 0 unspecified atom stereocenters. The fourth-order valence-corrected chi connectivity index (χ4v) is 4.74. The molecule has 2 aliphatic heterocycles. The Labute approximate surface area is 200 Å². The van der Waals surface area contributed by atoms with E-state index in [1.807, 2.05) is 0 Å². The van der Waals surface area contributed by atoms with Gasteiger partial charge in [-0.1, -0.05) is 19.9 Å². The van der Waals surface area contributed by atoms with Gasteiger partial charge in [0.2, 0.25) is 0 Å². The number of hydrogen-bond donors (Lipinski definition) is 3. The van der Waals surface area contributed by atoms with Crippen LogP contribution >= 0.6 is 0 Å². The molecule has 3 N–H and O–H groups in total. The second-order valence-electron chi connectivity index (χ2n) is 9.44. The Morgan fingerprint density at radius 1 is 1.17 bits per heavy atom. The predicted molar refractivity (Wildman–Crippen MR) is 123 cm³/mol. The maximum Gasteiger partial charge on any atom is 0.434 e. The maximum absolute atomic E-state index is 13.1. The summed E-state index contributed by atoms with van der Waals surface area (Å²) in [6.45, 7) is 5.68. The highest BCUT2D eigenvalue weighted by Crippen LogP contribution is 2.37. The molecule has 2 aliphatic rings. The van der Waals surface area contributed by atoms with Crippen molar-refractivity contribution < 1.29 is 29.5 Å². The first-order chi connectivity index (χ1) is 16.5. The fraction of sp³-hybridized carbons (Fsp3) is 0.455. The van der Waals surface area contributed by atoms with Crippen molar-refractivity contribution in [2.24, 2.45) is 0 Å². The predicted octanol–water partition coefficient (Wildman–Crippen LogP) is 2.94. The van der Waals surface area contributed by atoms with Crippen LogP contribution in [0.4, 0.5) is 21.1 Å². The second-order valence-corrected chi connectivity index (χ2v) is 9.44. The average molecular weight is 486 g/mol. The molecule has 4 rings (SSSR count). The highest BCUT2D eigenvalue weighted by molar-refractivity contribution is 6.07. The first-order valence-electron chi connectivity index (χ1n) is 11.1. The number of nitrogens with zero attached hydrogens (tertiary/aromatic N) is 5. The van der Waals surface area contributed by atoms with E-state index in [0.29, 0.717) is 22.5 Å². The number of fused-ring (bicyclic) bond motifs is 1. The molecule has 3 heterocycles. The minimum absolute atomic E-state index is 0.0866. The molecule has 0 saturated carbocycles. The Hall–Kier alpha value is -4.00. The fourth-order valence-electron chi connectivity index (χ4n) is 4.74. The summed E-state index contributed by atoms with van der Waals surface area (Å²) in [5, 5.41) is 37.5. The van der Waals surface area contributed by atoms with E-state index in [2.05, 4.69) is 15.3 Å². The molecule has 0 radical (unpaired) electrons. The highest BCUT2D eigenvalue weighted by atomic mass is 16.6. The summed E-state index contributed by atoms with van der Waals surface area (Å²) in [5.74, 6) is -1.12. The van der Waals surface area contributed by atoms with Crippen molar-refractivity contribution in [3.8, 4) is 0 Å². The first kappa shape index (κ1) is 24.1. The average Bonchev–Trinajstić information content (AvgIpc) is 3.41. The molecule has 13 heteroatoms. The second kappa shape index (κ2) is 8.98. The normalized spacial score (nSPS) is 17.1. The van der Waals surface area contributed by atoms with Crippen molar-refractivity contribution in [1.29, 1.82) is 0 Å². The summed E-state index contributed by atoms with van der Waals surface area (Å²) in [5.41, 5.74) is -0.202. The largest absolute Gasteiger partial charge is 0.465 e. The zero-order chi connectivity index (χ0) is 25.5. The van der Waals surface area contributed by atoms with Gasteiger partial charge in [-0.3, -0.25) is 19.8 Å². The highest BCUT2D eigenvalue weighted by Gasteiger charge is 2.40. The number of likely N-dealkylation sites (tertiary alicyclic amines) is 1. The van der Waals surface area contributed by atoms with E-state index in [0.717, 1.165) is 30.8 Å². The summed E-state index contributed by atoms with van der Waals surface area (Å²) >= 11 is 0. The van der Waals surface area contributed by atoms with Crippen LogP contribution in [0.1, 0.15) is 53.9 Å². The molecule has 1 aromatic carbocycles. The van der Waals surface area contributed by atoms with Gasteiger partial charge in [-0.15, -0.1) is 4.68 Å². The molecule has 0 bridgehead atoms. The summed E-state index contributed by atoms with van der Waals surface area (Å²) in [7, 11) is 0. The zero-order valence-corrected chi connectivity index (χ0v) is 19.4. The molecule has 1 fully saturated rings. The van der Waals surface area contributed by atoms with Crippen LogP contribution in [0.2, 0.25) is 0 Å². The third kappa shape index (κ3) is 4.67. The van der Waals surface area contributed by atoms with Gasteiger partial charge in [0.25, 0.3) is 11.6 Å². The van der Waals surface area contributed by atoms with Crippen molar-refractivity contribution in [1.82, 2.24) is 19.6 Å². The molecule has 0 aliphatic carbocycles. The quantitative estimate of drug-likeness (QED) is 0.424. The van der Waals surface area contributed by atoms with Crippen molar-refractivity contribution in [2.75, 3.05) is 25.0 Å². The van der Waals surface area contributed by atoms with E-state index < -0.39 is 34.1 Å². The van der Waals surface area contributed by atoms with Crippen LogP contribution in [0, 0.1) is 10.1 Å². The Morgan fingerprint density at radius 3 is 2.46 bits per heavy atom. The minimum Gasteiger partial charge on any atom is -0.465 e. The molecule has 2 amide bonds. The van der Waals surface area contributed by atoms with Crippen molar-refractivity contribution in [3.63, 3.8) is 0 Å². The number of nitro benzene ring substituents is 1. The molecule has 1 aromatic heterocycles. The Balaban J connectivity index is 1.69. The van der Waals surface area contributed by atoms with Crippen LogP contribution in [0.15, 0.2) is 18.2 Å². The maximum atomic E-state index is 13.1. The summed E-state index contributed by atoms with van der Waals surface area (Å²) < 4.78 is 0.573. The van der Waals surface area contributed by atoms with Gasteiger partial charge in [0.1, 0.15) is 11.4 Å². The number of carbonyl (C=O) groups is 3. The Morgan fingerprint density at radius 2 is 1.86 bits per heavy atom. The number of carboxylic acid groups (broad SMARTS) is 2. The molecule has 0 atom stereocenters. The summed E-state index contributed by atoms with van der Waals surface area (Å²) in [6, 6.07) is 4.34. The monoisotopic (exact) mass is 486 g/mol. The van der Waals surface area contributed by atoms with Crippen molar-refractivity contribution in [3.05, 3.63) is 50.7 Å². The molecule has 2 aromatic rings. The van der Waals surface area contributed by atoms with Crippen molar-refractivity contribution in [2.45, 2.75) is 45.2 Å². The third-order valence-electron chi connectivity index (χ3n) is 6.35. The summed E-state index contributed by atoms with van der Waals surface area (Å²) in [4.78, 5) is 51.0. The van der Waals surface area contributed by atoms with E-state index in [1.165, 1.54) is 12.1 Å². The number of aromatic nitrogens is 2. The third-order valence-corrected chi connectivity index (χ3v) is 6.35. The molecular formula is C22H26N6O7. The number of nitro groups is 1. The molecule has 35 heavy (non-hydrogen) atoms. The van der Waals surface area contributed by atoms with Crippen LogP contribution in [-0.4, -0.2) is 72.4 Å². The molecule has 1 saturated heterocycles. The molecule has 0 spiro atoms. The number of nitrogens with one attached hydrogen (secondary N) is 1. The van der Waals surface area contributed by atoms with E-state index in [1.54, 1.807) is 19.9 Å². The SMILES string of the molecule is CC1(C)CN(C(=O)O)Cc2c1nn(C(=O)O)c2NC(=O)c1ccc(CN2CCCC2)cc1[N+](=O)[O-]. The lowest BCUT2D eigenvalue weighted by atomic mass is 9.83. The molecular weight excluding hydrogens is 460 g/mol. The zero-order valence-electron chi connectivity index (χ0n) is 19.4. The van der Waals surface area contributed by atoms with E-state index >= 15 is 0 Å². The van der Waals surface area contributed by atoms with Crippen molar-refractivity contribution >= 4 is 29.6 Å². The number of hydrogen-bond acceptors (Lipinski definition) is 7. The number of anilines is 1. The number of carbonyl (C=O) groups excluding carboxylic acids is 1. The number of amides is 2. The first-order valence-corrected chi connectivity index (χ1v) is 11.1. The van der Waals surface area contributed by atoms with E-state index in [-0.39, 0.29) is 30.0 Å². The van der Waals surface area contributed by atoms with Gasteiger partial charge in [-0.05, 0) is 37.6 Å². The molecule has 13 nitrogen and oxygen atoms in total. The lowest BCUT2D eigenvalue weighted by molar-refractivity contribution is -0.385. The summed E-state index contributed by atoms with van der Waals surface area (Å²) in [6.07, 6.45) is -0.545. The van der Waals surface area contributed by atoms with Crippen LogP contribution < -0.4 is 5.32 Å². The van der Waals surface area contributed by atoms with Crippen LogP contribution in [0.25, 0.3) is 0 Å². The van der Waals surface area contributed by atoms with Gasteiger partial charge in [0.15, 0.2) is 0 Å². The van der Waals surface area contributed by atoms with Gasteiger partial charge < -0.3 is 20.4 Å². The van der Waals surface area contributed by atoms with Crippen LogP contribution in [0.5, 0.6) is 0 Å². The topological polar surface area (TPSA) is 171 Å². The smallest absolute Gasteiger partial charge is 0.434 e. The lowest BCUT2D eigenvalue weighted by Crippen LogP contribution is -2.44. The van der Waals surface area contributed by atoms with Gasteiger partial charge >= 0.3 is 12.2 Å². The van der Waals surface area contributed by atoms with Crippen LogP contribution in [-0.2, 0) is 18.5 Å². The van der Waals surface area contributed by atoms with E-state index in [4.69, 9.17) is 0 Å². The Kier molecular flexibility index (Phi) is 6.19. The van der Waals surface area contributed by atoms with Crippen LogP contribution in [0.3, 0.4) is 0 Å². The Bertz CT molecular complexity index is 1220. The molecule has 186 valence electrons. The van der Waals surface area contributed by atoms with Gasteiger partial charge in [-0.2, -0.15) is 5.10 Å². The van der Waals surface area contributed by atoms with E-state index in [9.17, 15) is 34.7 Å².